The van der Waals surface area contributed by atoms with E-state index in [1.54, 1.807) is 0 Å². The fraction of sp³-hybridized carbons (Fsp3) is 0.833. The maximum absolute atomic E-state index is 12.6. The Hall–Kier alpha value is -1.67. The quantitative estimate of drug-likeness (QED) is 0.853. The average molecular weight is 363 g/mol. The zero-order valence-corrected chi connectivity index (χ0v) is 15.7. The van der Waals surface area contributed by atoms with Gasteiger partial charge in [0.15, 0.2) is 11.6 Å². The molecule has 1 saturated heterocycles. The van der Waals surface area contributed by atoms with Crippen LogP contribution in [-0.2, 0) is 22.4 Å². The molecule has 4 rings (SSSR count). The number of nitrogens with one attached hydrogen (secondary N) is 2. The minimum Gasteiger partial charge on any atom is -0.348 e. The average Bonchev–Trinajstić information content (AvgIpc) is 3.32. The van der Waals surface area contributed by atoms with Crippen molar-refractivity contribution in [1.29, 1.82) is 0 Å². The van der Waals surface area contributed by atoms with Crippen molar-refractivity contribution in [3.63, 3.8) is 0 Å². The number of aromatic nitrogens is 3. The first-order valence-electron chi connectivity index (χ1n) is 9.83. The Morgan fingerprint density at radius 1 is 1.23 bits per heavy atom. The van der Waals surface area contributed by atoms with E-state index < -0.39 is 5.79 Å². The zero-order chi connectivity index (χ0) is 18.1. The van der Waals surface area contributed by atoms with Crippen LogP contribution in [0, 0.1) is 5.92 Å². The monoisotopic (exact) mass is 363 g/mol. The van der Waals surface area contributed by atoms with E-state index in [0.29, 0.717) is 13.2 Å². The van der Waals surface area contributed by atoms with Crippen molar-refractivity contribution < 1.29 is 14.3 Å². The van der Waals surface area contributed by atoms with Crippen LogP contribution in [-0.4, -0.2) is 45.8 Å². The fourth-order valence-corrected chi connectivity index (χ4v) is 4.29. The molecular weight excluding hydrogens is 334 g/mol. The van der Waals surface area contributed by atoms with Gasteiger partial charge in [-0.05, 0) is 25.2 Å². The lowest BCUT2D eigenvalue weighted by molar-refractivity contribution is -0.179. The number of carbonyl (C=O) groups excluding carboxylic acids is 1. The van der Waals surface area contributed by atoms with E-state index in [4.69, 9.17) is 9.47 Å². The van der Waals surface area contributed by atoms with Gasteiger partial charge in [-0.15, -0.1) is 10.2 Å². The summed E-state index contributed by atoms with van der Waals surface area (Å²) >= 11 is 0. The Morgan fingerprint density at radius 2 is 1.96 bits per heavy atom. The smallest absolute Gasteiger partial charge is 0.315 e. The van der Waals surface area contributed by atoms with Crippen LogP contribution in [0.2, 0.25) is 0 Å². The fourth-order valence-electron chi connectivity index (χ4n) is 4.29. The summed E-state index contributed by atoms with van der Waals surface area (Å²) in [4.78, 5) is 12.6. The first-order valence-corrected chi connectivity index (χ1v) is 9.83. The van der Waals surface area contributed by atoms with Crippen LogP contribution in [0.3, 0.4) is 0 Å². The van der Waals surface area contributed by atoms with Crippen molar-refractivity contribution in [3.8, 4) is 0 Å². The minimum atomic E-state index is -0.392. The number of hydrogen-bond donors (Lipinski definition) is 2. The molecule has 1 atom stereocenters. The van der Waals surface area contributed by atoms with Gasteiger partial charge >= 0.3 is 6.03 Å². The van der Waals surface area contributed by atoms with Gasteiger partial charge in [0.25, 0.3) is 0 Å². The van der Waals surface area contributed by atoms with Crippen molar-refractivity contribution in [1.82, 2.24) is 25.4 Å². The van der Waals surface area contributed by atoms with Gasteiger partial charge in [0.05, 0.1) is 19.3 Å². The van der Waals surface area contributed by atoms with Crippen molar-refractivity contribution in [2.24, 2.45) is 5.92 Å². The summed E-state index contributed by atoms with van der Waals surface area (Å²) in [5.74, 6) is 1.75. The van der Waals surface area contributed by atoms with Gasteiger partial charge < -0.3 is 24.7 Å². The van der Waals surface area contributed by atoms with E-state index in [0.717, 1.165) is 56.7 Å². The minimum absolute atomic E-state index is 0.131. The number of carbonyl (C=O) groups is 1. The van der Waals surface area contributed by atoms with E-state index in [2.05, 4.69) is 39.2 Å². The molecule has 3 aliphatic rings. The van der Waals surface area contributed by atoms with Crippen LogP contribution in [0.15, 0.2) is 0 Å². The lowest BCUT2D eigenvalue weighted by atomic mass is 9.90. The molecule has 0 bridgehead atoms. The van der Waals surface area contributed by atoms with Gasteiger partial charge in [-0.2, -0.15) is 0 Å². The van der Waals surface area contributed by atoms with E-state index in [1.165, 1.54) is 0 Å². The van der Waals surface area contributed by atoms with Gasteiger partial charge in [0.1, 0.15) is 5.82 Å². The highest BCUT2D eigenvalue weighted by molar-refractivity contribution is 5.74. The van der Waals surface area contributed by atoms with Crippen molar-refractivity contribution in [2.75, 3.05) is 13.2 Å². The molecule has 3 heterocycles. The molecule has 2 fully saturated rings. The first kappa shape index (κ1) is 17.7. The summed E-state index contributed by atoms with van der Waals surface area (Å²) < 4.78 is 13.7. The molecule has 1 aromatic rings. The predicted octanol–water partition coefficient (Wildman–Crippen LogP) is 1.91. The summed E-state index contributed by atoms with van der Waals surface area (Å²) in [5, 5.41) is 14.9. The van der Waals surface area contributed by atoms with Gasteiger partial charge in [-0.25, -0.2) is 4.79 Å². The Kier molecular flexibility index (Phi) is 4.88. The van der Waals surface area contributed by atoms with Crippen molar-refractivity contribution in [3.05, 3.63) is 11.6 Å². The molecular formula is C18H29N5O3. The molecule has 1 aliphatic carbocycles. The molecule has 1 aromatic heterocycles. The maximum atomic E-state index is 12.6. The normalized spacial score (nSPS) is 23.3. The molecule has 1 spiro atoms. The third kappa shape index (κ3) is 3.44. The number of urea groups is 1. The second-order valence-electron chi connectivity index (χ2n) is 7.95. The molecule has 144 valence electrons. The highest BCUT2D eigenvalue weighted by Crippen LogP contribution is 2.35. The highest BCUT2D eigenvalue weighted by Gasteiger charge is 2.40. The number of ether oxygens (including phenoxy) is 2. The van der Waals surface area contributed by atoms with Gasteiger partial charge in [0, 0.05) is 31.8 Å². The second kappa shape index (κ2) is 7.15. The number of aryl methyl sites for hydroxylation is 1. The van der Waals surface area contributed by atoms with E-state index >= 15 is 0 Å². The van der Waals surface area contributed by atoms with Crippen LogP contribution in [0.4, 0.5) is 4.79 Å². The molecule has 0 radical (unpaired) electrons. The van der Waals surface area contributed by atoms with Crippen LogP contribution in [0.25, 0.3) is 0 Å². The first-order chi connectivity index (χ1) is 12.6. The summed E-state index contributed by atoms with van der Waals surface area (Å²) in [6.07, 6.45) is 5.49. The van der Waals surface area contributed by atoms with Crippen molar-refractivity contribution in [2.45, 2.75) is 76.8 Å². The van der Waals surface area contributed by atoms with Gasteiger partial charge in [0.2, 0.25) is 0 Å². The van der Waals surface area contributed by atoms with E-state index in [1.807, 2.05) is 0 Å². The molecule has 2 N–H and O–H groups in total. The van der Waals surface area contributed by atoms with Crippen LogP contribution in [0.5, 0.6) is 0 Å². The van der Waals surface area contributed by atoms with E-state index in [9.17, 15) is 4.79 Å². The molecule has 1 unspecified atom stereocenters. The SMILES string of the molecule is CC(C)C(NC(=O)NC1CCC2(CC1)OCCO2)c1nnc2n1CCC2. The summed E-state index contributed by atoms with van der Waals surface area (Å²) in [6.45, 7) is 6.49. The van der Waals surface area contributed by atoms with E-state index in [-0.39, 0.29) is 24.0 Å². The molecule has 2 amide bonds. The second-order valence-corrected chi connectivity index (χ2v) is 7.95. The molecule has 2 aliphatic heterocycles. The third-order valence-electron chi connectivity index (χ3n) is 5.77. The Morgan fingerprint density at radius 3 is 2.65 bits per heavy atom. The zero-order valence-electron chi connectivity index (χ0n) is 15.7. The summed E-state index contributed by atoms with van der Waals surface area (Å²) in [6, 6.07) is -0.107. The highest BCUT2D eigenvalue weighted by atomic mass is 16.7. The third-order valence-corrected chi connectivity index (χ3v) is 5.77. The molecule has 0 aromatic carbocycles. The van der Waals surface area contributed by atoms with Crippen LogP contribution in [0.1, 0.15) is 63.6 Å². The lowest BCUT2D eigenvalue weighted by Gasteiger charge is -2.35. The largest absolute Gasteiger partial charge is 0.348 e. The topological polar surface area (TPSA) is 90.3 Å². The number of hydrogen-bond acceptors (Lipinski definition) is 5. The molecule has 26 heavy (non-hydrogen) atoms. The molecule has 8 nitrogen and oxygen atoms in total. The molecule has 8 heteroatoms. The number of fused-ring (bicyclic) bond motifs is 1. The number of nitrogens with zero attached hydrogens (tertiary/aromatic N) is 3. The summed E-state index contributed by atoms with van der Waals surface area (Å²) in [5.41, 5.74) is 0. The van der Waals surface area contributed by atoms with Crippen LogP contribution < -0.4 is 10.6 Å². The van der Waals surface area contributed by atoms with Gasteiger partial charge in [-0.3, -0.25) is 0 Å². The lowest BCUT2D eigenvalue weighted by Crippen LogP contribution is -2.48. The standard InChI is InChI=1S/C18H29N5O3/c1-12(2)15(16-22-21-14-4-3-9-23(14)16)20-17(24)19-13-5-7-18(8-6-13)25-10-11-26-18/h12-13,15H,3-11H2,1-2H3,(H2,19,20,24). The van der Waals surface area contributed by atoms with Gasteiger partial charge in [-0.1, -0.05) is 13.8 Å². The predicted molar refractivity (Wildman–Crippen MR) is 94.5 cm³/mol. The number of rotatable bonds is 4. The van der Waals surface area contributed by atoms with Crippen LogP contribution >= 0.6 is 0 Å². The Labute approximate surface area is 154 Å². The van der Waals surface area contributed by atoms with Crippen molar-refractivity contribution >= 4 is 6.03 Å². The Bertz CT molecular complexity index is 643. The number of amides is 2. The molecule has 1 saturated carbocycles. The maximum Gasteiger partial charge on any atom is 0.315 e. The Balaban J connectivity index is 1.34. The summed E-state index contributed by atoms with van der Waals surface area (Å²) in [7, 11) is 0.